The summed E-state index contributed by atoms with van der Waals surface area (Å²) in [5.74, 6) is -0.836. The van der Waals surface area contributed by atoms with Gasteiger partial charge in [-0.25, -0.2) is 4.79 Å². The van der Waals surface area contributed by atoms with Crippen LogP contribution in [0.15, 0.2) is 0 Å². The van der Waals surface area contributed by atoms with Crippen molar-refractivity contribution in [3.8, 4) is 0 Å². The molecule has 2 amide bonds. The molecule has 0 aromatic heterocycles. The van der Waals surface area contributed by atoms with Crippen molar-refractivity contribution < 1.29 is 14.7 Å². The average Bonchev–Trinajstić information content (AvgIpc) is 2.90. The van der Waals surface area contributed by atoms with Gasteiger partial charge in [0.1, 0.15) is 0 Å². The summed E-state index contributed by atoms with van der Waals surface area (Å²) in [5, 5.41) is 14.1. The predicted molar refractivity (Wildman–Crippen MR) is 77.8 cm³/mol. The maximum absolute atomic E-state index is 11.6. The molecule has 6 nitrogen and oxygen atoms in total. The molecule has 0 bridgehead atoms. The SMILES string of the molecule is CC(CCC(=O)O)NC(=O)NCCN(C)C1CCCC1. The minimum atomic E-state index is -0.836. The van der Waals surface area contributed by atoms with Crippen LogP contribution in [0.1, 0.15) is 45.4 Å². The van der Waals surface area contributed by atoms with Crippen LogP contribution in [0.4, 0.5) is 4.79 Å². The number of carbonyl (C=O) groups excluding carboxylic acids is 1. The molecule has 0 aromatic rings. The highest BCUT2D eigenvalue weighted by atomic mass is 16.4. The van der Waals surface area contributed by atoms with Gasteiger partial charge in [0.05, 0.1) is 0 Å². The third kappa shape index (κ3) is 6.75. The van der Waals surface area contributed by atoms with E-state index in [4.69, 9.17) is 5.11 Å². The summed E-state index contributed by atoms with van der Waals surface area (Å²) in [4.78, 5) is 24.3. The van der Waals surface area contributed by atoms with Gasteiger partial charge in [0.25, 0.3) is 0 Å². The Kier molecular flexibility index (Phi) is 7.36. The maximum atomic E-state index is 11.6. The predicted octanol–water partition coefficient (Wildman–Crippen LogP) is 1.41. The summed E-state index contributed by atoms with van der Waals surface area (Å²) in [5.41, 5.74) is 0. The first-order valence-electron chi connectivity index (χ1n) is 7.45. The minimum absolute atomic E-state index is 0.0753. The van der Waals surface area contributed by atoms with Crippen molar-refractivity contribution in [2.24, 2.45) is 0 Å². The van der Waals surface area contributed by atoms with Crippen molar-refractivity contribution in [1.82, 2.24) is 15.5 Å². The fraction of sp³-hybridized carbons (Fsp3) is 0.857. The first-order chi connectivity index (χ1) is 9.49. The number of hydrogen-bond acceptors (Lipinski definition) is 3. The van der Waals surface area contributed by atoms with Gasteiger partial charge in [-0.15, -0.1) is 0 Å². The van der Waals surface area contributed by atoms with E-state index in [2.05, 4.69) is 22.6 Å². The number of rotatable bonds is 8. The van der Waals surface area contributed by atoms with Crippen molar-refractivity contribution in [2.45, 2.75) is 57.5 Å². The van der Waals surface area contributed by atoms with E-state index in [9.17, 15) is 9.59 Å². The van der Waals surface area contributed by atoms with Crippen LogP contribution >= 0.6 is 0 Å². The van der Waals surface area contributed by atoms with E-state index in [1.807, 2.05) is 6.92 Å². The van der Waals surface area contributed by atoms with E-state index in [1.54, 1.807) is 0 Å². The number of nitrogens with one attached hydrogen (secondary N) is 2. The van der Waals surface area contributed by atoms with E-state index < -0.39 is 5.97 Å². The standard InChI is InChI=1S/C14H27N3O3/c1-11(7-8-13(18)19)16-14(20)15-9-10-17(2)12-5-3-4-6-12/h11-12H,3-10H2,1-2H3,(H,18,19)(H2,15,16,20). The molecule has 6 heteroatoms. The summed E-state index contributed by atoms with van der Waals surface area (Å²) < 4.78 is 0. The Hall–Kier alpha value is -1.30. The Bertz CT molecular complexity index is 317. The van der Waals surface area contributed by atoms with Gasteiger partial charge in [-0.2, -0.15) is 0 Å². The van der Waals surface area contributed by atoms with Crippen molar-refractivity contribution in [3.63, 3.8) is 0 Å². The quantitative estimate of drug-likeness (QED) is 0.630. The van der Waals surface area contributed by atoms with Crippen LogP contribution < -0.4 is 10.6 Å². The zero-order chi connectivity index (χ0) is 15.0. The van der Waals surface area contributed by atoms with Crippen molar-refractivity contribution in [1.29, 1.82) is 0 Å². The molecule has 0 heterocycles. The molecule has 1 fully saturated rings. The Balaban J connectivity index is 2.08. The summed E-state index contributed by atoms with van der Waals surface area (Å²) in [6.07, 6.45) is 5.66. The molecule has 1 atom stereocenters. The maximum Gasteiger partial charge on any atom is 0.315 e. The molecule has 0 spiro atoms. The molecule has 0 radical (unpaired) electrons. The van der Waals surface area contributed by atoms with Gasteiger partial charge >= 0.3 is 12.0 Å². The Morgan fingerprint density at radius 2 is 2.00 bits per heavy atom. The van der Waals surface area contributed by atoms with Crippen molar-refractivity contribution in [2.75, 3.05) is 20.1 Å². The van der Waals surface area contributed by atoms with E-state index in [0.29, 0.717) is 19.0 Å². The van der Waals surface area contributed by atoms with Gasteiger partial charge in [0.15, 0.2) is 0 Å². The molecule has 20 heavy (non-hydrogen) atoms. The topological polar surface area (TPSA) is 81.7 Å². The zero-order valence-electron chi connectivity index (χ0n) is 12.5. The second-order valence-electron chi connectivity index (χ2n) is 5.65. The highest BCUT2D eigenvalue weighted by Gasteiger charge is 2.19. The lowest BCUT2D eigenvalue weighted by molar-refractivity contribution is -0.137. The molecule has 0 saturated heterocycles. The first-order valence-corrected chi connectivity index (χ1v) is 7.45. The summed E-state index contributed by atoms with van der Waals surface area (Å²) >= 11 is 0. The second kappa shape index (κ2) is 8.79. The summed E-state index contributed by atoms with van der Waals surface area (Å²) in [6.45, 7) is 3.28. The highest BCUT2D eigenvalue weighted by Crippen LogP contribution is 2.21. The molecular formula is C14H27N3O3. The number of aliphatic carboxylic acids is 1. The number of carbonyl (C=O) groups is 2. The molecule has 1 rings (SSSR count). The van der Waals surface area contributed by atoms with E-state index in [0.717, 1.165) is 6.54 Å². The fourth-order valence-electron chi connectivity index (χ4n) is 2.56. The number of urea groups is 1. The first kappa shape index (κ1) is 16.8. The fourth-order valence-corrected chi connectivity index (χ4v) is 2.56. The largest absolute Gasteiger partial charge is 0.481 e. The molecule has 1 aliphatic rings. The second-order valence-corrected chi connectivity index (χ2v) is 5.65. The lowest BCUT2D eigenvalue weighted by Crippen LogP contribution is -2.44. The normalized spacial score (nSPS) is 17.1. The molecular weight excluding hydrogens is 258 g/mol. The van der Waals surface area contributed by atoms with E-state index in [-0.39, 0.29) is 18.5 Å². The number of amides is 2. The third-order valence-electron chi connectivity index (χ3n) is 3.87. The molecule has 1 unspecified atom stereocenters. The average molecular weight is 285 g/mol. The Morgan fingerprint density at radius 3 is 2.60 bits per heavy atom. The monoisotopic (exact) mass is 285 g/mol. The third-order valence-corrected chi connectivity index (χ3v) is 3.87. The zero-order valence-corrected chi connectivity index (χ0v) is 12.5. The molecule has 116 valence electrons. The van der Waals surface area contributed by atoms with Crippen LogP contribution in [0, 0.1) is 0 Å². The van der Waals surface area contributed by atoms with Crippen LogP contribution in [0.2, 0.25) is 0 Å². The van der Waals surface area contributed by atoms with Crippen LogP contribution in [0.25, 0.3) is 0 Å². The molecule has 0 aliphatic heterocycles. The number of nitrogens with zero attached hydrogens (tertiary/aromatic N) is 1. The van der Waals surface area contributed by atoms with Crippen LogP contribution in [0.5, 0.6) is 0 Å². The number of carboxylic acid groups (broad SMARTS) is 1. The van der Waals surface area contributed by atoms with Crippen LogP contribution in [-0.2, 0) is 4.79 Å². The van der Waals surface area contributed by atoms with Crippen LogP contribution in [0.3, 0.4) is 0 Å². The number of hydrogen-bond donors (Lipinski definition) is 3. The van der Waals surface area contributed by atoms with Gasteiger partial charge < -0.3 is 20.6 Å². The number of likely N-dealkylation sites (N-methyl/N-ethyl adjacent to an activating group) is 1. The number of carboxylic acids is 1. The lowest BCUT2D eigenvalue weighted by atomic mass is 10.2. The van der Waals surface area contributed by atoms with Gasteiger partial charge in [0, 0.05) is 31.6 Å². The van der Waals surface area contributed by atoms with Crippen molar-refractivity contribution >= 4 is 12.0 Å². The molecule has 3 N–H and O–H groups in total. The highest BCUT2D eigenvalue weighted by molar-refractivity contribution is 5.74. The van der Waals surface area contributed by atoms with Gasteiger partial charge in [-0.05, 0) is 33.2 Å². The van der Waals surface area contributed by atoms with Gasteiger partial charge in [-0.1, -0.05) is 12.8 Å². The lowest BCUT2D eigenvalue weighted by Gasteiger charge is -2.24. The molecule has 0 aromatic carbocycles. The molecule has 1 saturated carbocycles. The summed E-state index contributed by atoms with van der Waals surface area (Å²) in [7, 11) is 2.10. The van der Waals surface area contributed by atoms with Crippen LogP contribution in [-0.4, -0.2) is 54.2 Å². The summed E-state index contributed by atoms with van der Waals surface area (Å²) in [6, 6.07) is 0.315. The Morgan fingerprint density at radius 1 is 1.35 bits per heavy atom. The Labute approximate surface area is 120 Å². The smallest absolute Gasteiger partial charge is 0.315 e. The molecule has 1 aliphatic carbocycles. The minimum Gasteiger partial charge on any atom is -0.481 e. The van der Waals surface area contributed by atoms with Gasteiger partial charge in [-0.3, -0.25) is 4.79 Å². The van der Waals surface area contributed by atoms with E-state index in [1.165, 1.54) is 25.7 Å². The van der Waals surface area contributed by atoms with Gasteiger partial charge in [0.2, 0.25) is 0 Å². The van der Waals surface area contributed by atoms with Crippen molar-refractivity contribution in [3.05, 3.63) is 0 Å². The van der Waals surface area contributed by atoms with E-state index >= 15 is 0 Å².